The molecule has 0 radical (unpaired) electrons. The summed E-state index contributed by atoms with van der Waals surface area (Å²) in [5, 5.41) is 0. The summed E-state index contributed by atoms with van der Waals surface area (Å²) in [5.74, 6) is 0.668. The second kappa shape index (κ2) is 7.65. The van der Waals surface area contributed by atoms with Crippen molar-refractivity contribution in [3.05, 3.63) is 11.6 Å². The van der Waals surface area contributed by atoms with E-state index in [2.05, 4.69) is 17.9 Å². The second-order valence-corrected chi connectivity index (χ2v) is 5.44. The molecule has 17 heavy (non-hydrogen) atoms. The Balaban J connectivity index is 2.31. The van der Waals surface area contributed by atoms with Crippen LogP contribution >= 0.6 is 0 Å². The van der Waals surface area contributed by atoms with Gasteiger partial charge in [-0.15, -0.1) is 0 Å². The van der Waals surface area contributed by atoms with Gasteiger partial charge in [-0.3, -0.25) is 4.79 Å². The topological polar surface area (TPSA) is 20.3 Å². The van der Waals surface area contributed by atoms with Crippen LogP contribution in [0, 0.1) is 5.92 Å². The quantitative estimate of drug-likeness (QED) is 0.499. The number of nitrogens with zero attached hydrogens (tertiary/aromatic N) is 1. The van der Waals surface area contributed by atoms with E-state index in [1.54, 1.807) is 0 Å². The number of Topliss-reactive ketones (excluding diaryl/α,β-unsaturated/α-hetero) is 1. The van der Waals surface area contributed by atoms with Crippen LogP contribution in [0.15, 0.2) is 11.6 Å². The molecule has 0 aromatic heterocycles. The molecule has 0 amide bonds. The molecule has 98 valence electrons. The molecule has 0 aromatic carbocycles. The third kappa shape index (κ3) is 5.03. The van der Waals surface area contributed by atoms with Crippen LogP contribution in [0.5, 0.6) is 0 Å². The number of carbonyl (C=O) groups is 1. The minimum Gasteiger partial charge on any atom is -0.309 e. The number of carbonyl (C=O) groups excluding carboxylic acids is 1. The summed E-state index contributed by atoms with van der Waals surface area (Å²) in [7, 11) is 4.08. The highest BCUT2D eigenvalue weighted by atomic mass is 16.1. The van der Waals surface area contributed by atoms with E-state index in [0.717, 1.165) is 31.4 Å². The van der Waals surface area contributed by atoms with Gasteiger partial charge in [-0.25, -0.2) is 0 Å². The van der Waals surface area contributed by atoms with Crippen molar-refractivity contribution in [3.63, 3.8) is 0 Å². The van der Waals surface area contributed by atoms with Crippen molar-refractivity contribution in [2.75, 3.05) is 20.6 Å². The first-order valence-electron chi connectivity index (χ1n) is 7.03. The molecule has 1 atom stereocenters. The number of allylic oxidation sites excluding steroid dienone is 2. The number of unbranched alkanes of at least 4 members (excludes halogenated alkanes) is 4. The van der Waals surface area contributed by atoms with Crippen molar-refractivity contribution >= 4 is 5.78 Å². The number of hydrogen-bond donors (Lipinski definition) is 0. The third-order valence-corrected chi connectivity index (χ3v) is 3.48. The average molecular weight is 237 g/mol. The Bertz CT molecular complexity index is 268. The van der Waals surface area contributed by atoms with E-state index < -0.39 is 0 Å². The Kier molecular flexibility index (Phi) is 6.49. The van der Waals surface area contributed by atoms with Gasteiger partial charge in [0.2, 0.25) is 0 Å². The Morgan fingerprint density at radius 2 is 2.06 bits per heavy atom. The molecule has 0 N–H and O–H groups in total. The van der Waals surface area contributed by atoms with Crippen molar-refractivity contribution in [2.45, 2.75) is 51.9 Å². The van der Waals surface area contributed by atoms with E-state index in [0.29, 0.717) is 5.78 Å². The molecule has 0 spiro atoms. The minimum atomic E-state index is 0.256. The summed E-state index contributed by atoms with van der Waals surface area (Å²) >= 11 is 0. The maximum Gasteiger partial charge on any atom is 0.162 e. The largest absolute Gasteiger partial charge is 0.309 e. The first-order valence-corrected chi connectivity index (χ1v) is 7.03. The standard InChI is InChI=1S/C15H27NO/c1-4-5-6-7-8-9-13-10-11-14(15(13)17)12-16(2)3/h9,14H,4-8,10-12H2,1-3H3/b13-9+. The van der Waals surface area contributed by atoms with E-state index in [-0.39, 0.29) is 5.92 Å². The van der Waals surface area contributed by atoms with Gasteiger partial charge in [0, 0.05) is 12.5 Å². The lowest BCUT2D eigenvalue weighted by Gasteiger charge is -2.13. The van der Waals surface area contributed by atoms with E-state index in [9.17, 15) is 4.79 Å². The van der Waals surface area contributed by atoms with Crippen molar-refractivity contribution in [2.24, 2.45) is 5.92 Å². The molecule has 0 heterocycles. The van der Waals surface area contributed by atoms with Crippen molar-refractivity contribution in [1.82, 2.24) is 4.90 Å². The van der Waals surface area contributed by atoms with Crippen molar-refractivity contribution < 1.29 is 4.79 Å². The summed E-state index contributed by atoms with van der Waals surface area (Å²) in [6, 6.07) is 0. The number of hydrogen-bond acceptors (Lipinski definition) is 2. The molecular formula is C15H27NO. The Morgan fingerprint density at radius 1 is 1.29 bits per heavy atom. The van der Waals surface area contributed by atoms with Gasteiger partial charge in [-0.2, -0.15) is 0 Å². The fourth-order valence-electron chi connectivity index (χ4n) is 2.51. The summed E-state index contributed by atoms with van der Waals surface area (Å²) in [6.07, 6.45) is 10.5. The molecule has 1 fully saturated rings. The molecule has 2 nitrogen and oxygen atoms in total. The van der Waals surface area contributed by atoms with E-state index in [1.807, 2.05) is 14.1 Å². The molecule has 0 bridgehead atoms. The predicted octanol–water partition coefficient (Wildman–Crippen LogP) is 3.42. The van der Waals surface area contributed by atoms with Gasteiger partial charge in [0.25, 0.3) is 0 Å². The molecule has 1 saturated carbocycles. The number of ketones is 1. The fraction of sp³-hybridized carbons (Fsp3) is 0.800. The average Bonchev–Trinajstić information content (AvgIpc) is 2.60. The van der Waals surface area contributed by atoms with Crippen LogP contribution in [0.2, 0.25) is 0 Å². The highest BCUT2D eigenvalue weighted by molar-refractivity contribution is 5.99. The molecule has 0 saturated heterocycles. The molecule has 0 aliphatic heterocycles. The van der Waals surface area contributed by atoms with Gasteiger partial charge >= 0.3 is 0 Å². The molecule has 0 aromatic rings. The van der Waals surface area contributed by atoms with Crippen molar-refractivity contribution in [3.8, 4) is 0 Å². The molecule has 1 aliphatic rings. The summed E-state index contributed by atoms with van der Waals surface area (Å²) in [5.41, 5.74) is 1.10. The first-order chi connectivity index (χ1) is 8.15. The zero-order chi connectivity index (χ0) is 12.7. The smallest absolute Gasteiger partial charge is 0.162 e. The summed E-state index contributed by atoms with van der Waals surface area (Å²) in [6.45, 7) is 3.14. The zero-order valence-electron chi connectivity index (χ0n) is 11.7. The SMILES string of the molecule is CCCCCC/C=C1\CCC(CN(C)C)C1=O. The lowest BCUT2D eigenvalue weighted by molar-refractivity contribution is -0.118. The fourth-order valence-corrected chi connectivity index (χ4v) is 2.51. The molecule has 1 unspecified atom stereocenters. The molecule has 1 rings (SSSR count). The predicted molar refractivity (Wildman–Crippen MR) is 73.1 cm³/mol. The van der Waals surface area contributed by atoms with Gasteiger partial charge in [0.1, 0.15) is 0 Å². The van der Waals surface area contributed by atoms with Crippen molar-refractivity contribution in [1.29, 1.82) is 0 Å². The maximum atomic E-state index is 12.1. The maximum absolute atomic E-state index is 12.1. The Labute approximate surface area is 106 Å². The van der Waals surface area contributed by atoms with Crippen LogP contribution < -0.4 is 0 Å². The third-order valence-electron chi connectivity index (χ3n) is 3.48. The lowest BCUT2D eigenvalue weighted by atomic mass is 10.0. The molecule has 1 aliphatic carbocycles. The van der Waals surface area contributed by atoms with Gasteiger partial charge in [0.15, 0.2) is 5.78 Å². The Morgan fingerprint density at radius 3 is 2.71 bits per heavy atom. The van der Waals surface area contributed by atoms with E-state index in [1.165, 1.54) is 25.7 Å². The van der Waals surface area contributed by atoms with Gasteiger partial charge in [-0.05, 0) is 45.4 Å². The second-order valence-electron chi connectivity index (χ2n) is 5.44. The van der Waals surface area contributed by atoms with E-state index in [4.69, 9.17) is 0 Å². The van der Waals surface area contributed by atoms with Crippen LogP contribution in [-0.2, 0) is 4.79 Å². The lowest BCUT2D eigenvalue weighted by Crippen LogP contribution is -2.24. The van der Waals surface area contributed by atoms with Crippen LogP contribution in [0.1, 0.15) is 51.9 Å². The van der Waals surface area contributed by atoms with E-state index >= 15 is 0 Å². The zero-order valence-corrected chi connectivity index (χ0v) is 11.7. The molecular weight excluding hydrogens is 210 g/mol. The van der Waals surface area contributed by atoms with Crippen LogP contribution in [0.25, 0.3) is 0 Å². The van der Waals surface area contributed by atoms with Crippen LogP contribution in [-0.4, -0.2) is 31.3 Å². The highest BCUT2D eigenvalue weighted by Gasteiger charge is 2.28. The summed E-state index contributed by atoms with van der Waals surface area (Å²) < 4.78 is 0. The first kappa shape index (κ1) is 14.4. The van der Waals surface area contributed by atoms with Crippen LogP contribution in [0.4, 0.5) is 0 Å². The normalized spacial score (nSPS) is 22.9. The van der Waals surface area contributed by atoms with Gasteiger partial charge in [-0.1, -0.05) is 32.3 Å². The molecule has 2 heteroatoms. The Hall–Kier alpha value is -0.630. The summed E-state index contributed by atoms with van der Waals surface area (Å²) in [4.78, 5) is 14.2. The minimum absolute atomic E-state index is 0.256. The monoisotopic (exact) mass is 237 g/mol. The highest BCUT2D eigenvalue weighted by Crippen LogP contribution is 2.27. The van der Waals surface area contributed by atoms with Crippen LogP contribution in [0.3, 0.4) is 0 Å². The number of rotatable bonds is 7. The van der Waals surface area contributed by atoms with Gasteiger partial charge < -0.3 is 4.90 Å². The van der Waals surface area contributed by atoms with Gasteiger partial charge in [0.05, 0.1) is 0 Å².